The molecule has 2 aromatic heterocycles. The van der Waals surface area contributed by atoms with E-state index in [0.717, 1.165) is 12.3 Å². The Labute approximate surface area is 221 Å². The van der Waals surface area contributed by atoms with Gasteiger partial charge in [0.15, 0.2) is 11.6 Å². The molecule has 4 rings (SSSR count). The molecule has 0 atom stereocenters. The van der Waals surface area contributed by atoms with Gasteiger partial charge in [-0.2, -0.15) is 4.98 Å². The molecule has 0 fully saturated rings. The van der Waals surface area contributed by atoms with Crippen LogP contribution in [-0.4, -0.2) is 24.6 Å². The number of nitrogens with zero attached hydrogens (tertiary/aromatic N) is 4. The molecule has 0 saturated carbocycles. The van der Waals surface area contributed by atoms with Crippen LogP contribution in [0.3, 0.4) is 0 Å². The van der Waals surface area contributed by atoms with Crippen LogP contribution in [0.2, 0.25) is 5.02 Å². The monoisotopic (exact) mass is 544 g/mol. The molecule has 38 heavy (non-hydrogen) atoms. The van der Waals surface area contributed by atoms with Crippen molar-refractivity contribution in [2.24, 2.45) is 0 Å². The Hall–Kier alpha value is -3.76. The molecule has 0 saturated heterocycles. The first-order valence-electron chi connectivity index (χ1n) is 11.5. The van der Waals surface area contributed by atoms with Crippen molar-refractivity contribution in [1.29, 1.82) is 0 Å². The Morgan fingerprint density at radius 2 is 1.74 bits per heavy atom. The number of aliphatic hydroxyl groups is 1. The predicted octanol–water partition coefficient (Wildman–Crippen LogP) is 5.49. The van der Waals surface area contributed by atoms with Crippen LogP contribution in [0.25, 0.3) is 16.9 Å². The number of ether oxygens (including phenoxy) is 1. The molecule has 2 aromatic carbocycles. The molecule has 0 aliphatic carbocycles. The summed E-state index contributed by atoms with van der Waals surface area (Å²) in [5.41, 5.74) is -1.39. The van der Waals surface area contributed by atoms with Gasteiger partial charge in [0.2, 0.25) is 5.88 Å². The second-order valence-corrected chi connectivity index (χ2v) is 9.69. The van der Waals surface area contributed by atoms with Crippen molar-refractivity contribution in [3.05, 3.63) is 97.7 Å². The summed E-state index contributed by atoms with van der Waals surface area (Å²) < 4.78 is 49.5. The molecule has 7 nitrogen and oxygen atoms in total. The Balaban J connectivity index is 1.75. The van der Waals surface area contributed by atoms with Crippen molar-refractivity contribution < 1.29 is 23.0 Å². The maximum absolute atomic E-state index is 14.7. The number of aromatic nitrogens is 4. The van der Waals surface area contributed by atoms with E-state index in [9.17, 15) is 23.1 Å². The molecule has 11 heteroatoms. The van der Waals surface area contributed by atoms with Crippen molar-refractivity contribution in [1.82, 2.24) is 19.5 Å². The van der Waals surface area contributed by atoms with E-state index in [1.807, 2.05) is 0 Å². The van der Waals surface area contributed by atoms with Crippen LogP contribution in [0.5, 0.6) is 5.88 Å². The first kappa shape index (κ1) is 27.3. The zero-order valence-corrected chi connectivity index (χ0v) is 22.0. The molecule has 0 spiro atoms. The molecule has 0 unspecified atom stereocenters. The number of halogens is 4. The minimum absolute atomic E-state index is 0.0190. The van der Waals surface area contributed by atoms with Crippen molar-refractivity contribution in [3.63, 3.8) is 0 Å². The lowest BCUT2D eigenvalue weighted by molar-refractivity contribution is 0.0686. The van der Waals surface area contributed by atoms with E-state index in [4.69, 9.17) is 16.3 Å². The second-order valence-electron chi connectivity index (χ2n) is 9.28. The van der Waals surface area contributed by atoms with Gasteiger partial charge in [-0.15, -0.1) is 0 Å². The summed E-state index contributed by atoms with van der Waals surface area (Å²) in [7, 11) is 0. The van der Waals surface area contributed by atoms with Gasteiger partial charge < -0.3 is 9.84 Å². The number of hydrogen-bond acceptors (Lipinski definition) is 6. The van der Waals surface area contributed by atoms with E-state index in [0.29, 0.717) is 5.56 Å². The maximum atomic E-state index is 14.7. The summed E-state index contributed by atoms with van der Waals surface area (Å²) in [5.74, 6) is -1.93. The molecule has 1 N–H and O–H groups in total. The molecule has 2 heterocycles. The minimum Gasteiger partial charge on any atom is -0.472 e. The third kappa shape index (κ3) is 5.14. The van der Waals surface area contributed by atoms with Gasteiger partial charge in [0.25, 0.3) is 5.56 Å². The maximum Gasteiger partial charge on any atom is 0.264 e. The molecule has 0 aliphatic heterocycles. The zero-order valence-electron chi connectivity index (χ0n) is 21.2. The van der Waals surface area contributed by atoms with Crippen molar-refractivity contribution in [2.45, 2.75) is 46.8 Å². The zero-order chi connectivity index (χ0) is 27.9. The Morgan fingerprint density at radius 1 is 1.03 bits per heavy atom. The van der Waals surface area contributed by atoms with Gasteiger partial charge in [-0.25, -0.2) is 23.1 Å². The average molecular weight is 545 g/mol. The third-order valence-electron chi connectivity index (χ3n) is 5.95. The number of hydrogen-bond donors (Lipinski definition) is 1. The predicted molar refractivity (Wildman–Crippen MR) is 136 cm³/mol. The van der Waals surface area contributed by atoms with Crippen molar-refractivity contribution >= 4 is 11.6 Å². The van der Waals surface area contributed by atoms with Crippen LogP contribution in [0.15, 0.2) is 41.3 Å². The molecule has 0 bridgehead atoms. The van der Waals surface area contributed by atoms with E-state index in [1.54, 1.807) is 6.92 Å². The van der Waals surface area contributed by atoms with Gasteiger partial charge in [-0.1, -0.05) is 17.7 Å². The lowest BCUT2D eigenvalue weighted by Crippen LogP contribution is -2.25. The third-order valence-corrected chi connectivity index (χ3v) is 6.27. The summed E-state index contributed by atoms with van der Waals surface area (Å²) in [4.78, 5) is 25.7. The molecule has 0 amide bonds. The van der Waals surface area contributed by atoms with E-state index >= 15 is 0 Å². The lowest BCUT2D eigenvalue weighted by Gasteiger charge is -2.18. The molecule has 198 valence electrons. The van der Waals surface area contributed by atoms with Gasteiger partial charge in [0, 0.05) is 16.7 Å². The number of rotatable bonds is 6. The van der Waals surface area contributed by atoms with Crippen LogP contribution in [0, 0.1) is 38.2 Å². The average Bonchev–Trinajstić information content (AvgIpc) is 2.85. The standard InChI is InChI=1S/C27H24ClF3N4O3/c1-13-19(29)9-7-17(22(13)31)12-38-24-14(2)25(36)35(15(3)33-24)21-10-16(6-8-18(21)28)23-20(30)11-32-26(34-23)27(4,5)37/h6-11,37H,12H2,1-5H3. The molecule has 0 aliphatic rings. The fraction of sp³-hybridized carbons (Fsp3) is 0.259. The van der Waals surface area contributed by atoms with Crippen molar-refractivity contribution in [2.75, 3.05) is 0 Å². The SMILES string of the molecule is Cc1c(F)ccc(COc2nc(C)n(-c3cc(-c4nc(C(C)(C)O)ncc4F)ccc3Cl)c(=O)c2C)c1F. The summed E-state index contributed by atoms with van der Waals surface area (Å²) in [6.07, 6.45) is 0.963. The number of aryl methyl sites for hydroxylation is 1. The first-order valence-corrected chi connectivity index (χ1v) is 11.9. The molecule has 4 aromatic rings. The summed E-state index contributed by atoms with van der Waals surface area (Å²) >= 11 is 6.43. The fourth-order valence-electron chi connectivity index (χ4n) is 3.78. The Bertz CT molecular complexity index is 1620. The van der Waals surface area contributed by atoms with Crippen LogP contribution < -0.4 is 10.3 Å². The lowest BCUT2D eigenvalue weighted by atomic mass is 10.1. The van der Waals surface area contributed by atoms with Gasteiger partial charge in [-0.05, 0) is 58.9 Å². The van der Waals surface area contributed by atoms with Crippen LogP contribution >= 0.6 is 11.6 Å². The van der Waals surface area contributed by atoms with Gasteiger partial charge in [0.05, 0.1) is 22.5 Å². The Morgan fingerprint density at radius 3 is 2.42 bits per heavy atom. The highest BCUT2D eigenvalue weighted by Gasteiger charge is 2.23. The topological polar surface area (TPSA) is 90.1 Å². The van der Waals surface area contributed by atoms with E-state index in [-0.39, 0.29) is 57.2 Å². The highest BCUT2D eigenvalue weighted by Crippen LogP contribution is 2.30. The molecule has 0 radical (unpaired) electrons. The minimum atomic E-state index is -1.41. The highest BCUT2D eigenvalue weighted by molar-refractivity contribution is 6.32. The number of benzene rings is 2. The summed E-state index contributed by atoms with van der Waals surface area (Å²) in [6.45, 7) is 7.05. The van der Waals surface area contributed by atoms with E-state index < -0.39 is 28.6 Å². The second kappa shape index (κ2) is 10.2. The van der Waals surface area contributed by atoms with Gasteiger partial charge in [-0.3, -0.25) is 9.36 Å². The van der Waals surface area contributed by atoms with Crippen LogP contribution in [0.4, 0.5) is 13.2 Å². The smallest absolute Gasteiger partial charge is 0.264 e. The largest absolute Gasteiger partial charge is 0.472 e. The van der Waals surface area contributed by atoms with E-state index in [1.165, 1.54) is 56.5 Å². The van der Waals surface area contributed by atoms with Gasteiger partial charge in [0.1, 0.15) is 35.4 Å². The van der Waals surface area contributed by atoms with E-state index in [2.05, 4.69) is 15.0 Å². The van der Waals surface area contributed by atoms with Crippen LogP contribution in [-0.2, 0) is 12.2 Å². The van der Waals surface area contributed by atoms with Crippen LogP contribution in [0.1, 0.15) is 42.2 Å². The fourth-order valence-corrected chi connectivity index (χ4v) is 3.98. The van der Waals surface area contributed by atoms with Gasteiger partial charge >= 0.3 is 0 Å². The highest BCUT2D eigenvalue weighted by atomic mass is 35.5. The summed E-state index contributed by atoms with van der Waals surface area (Å²) in [5, 5.41) is 10.4. The normalized spacial score (nSPS) is 11.6. The first-order chi connectivity index (χ1) is 17.8. The molecular weight excluding hydrogens is 521 g/mol. The molecular formula is C27H24ClF3N4O3. The Kier molecular flexibility index (Phi) is 7.31. The van der Waals surface area contributed by atoms with Crippen molar-refractivity contribution in [3.8, 4) is 22.8 Å². The quantitative estimate of drug-likeness (QED) is 0.345. The summed E-state index contributed by atoms with van der Waals surface area (Å²) in [6, 6.07) is 6.91.